The summed E-state index contributed by atoms with van der Waals surface area (Å²) in [6.45, 7) is -0.299. The Balaban J connectivity index is 2.66. The Bertz CT molecular complexity index is 520. The van der Waals surface area contributed by atoms with E-state index in [1.807, 2.05) is 0 Å². The molecule has 0 heterocycles. The minimum absolute atomic E-state index is 0.132. The molecule has 0 radical (unpaired) electrons. The molecule has 0 N–H and O–H groups in total. The molecule has 0 fully saturated rings. The fourth-order valence-electron chi connectivity index (χ4n) is 1.83. The van der Waals surface area contributed by atoms with Gasteiger partial charge in [-0.15, -0.1) is 3.89 Å². The highest BCUT2D eigenvalue weighted by atomic mass is 32.3. The molecule has 1 aromatic rings. The maximum Gasteiger partial charge on any atom is 0.303 e. The van der Waals surface area contributed by atoms with Gasteiger partial charge in [-0.05, 0) is 11.1 Å². The Morgan fingerprint density at radius 1 is 1.19 bits per heavy atom. The van der Waals surface area contributed by atoms with Crippen molar-refractivity contribution in [1.82, 2.24) is 4.90 Å². The van der Waals surface area contributed by atoms with Crippen LogP contribution in [0.15, 0.2) is 24.3 Å². The van der Waals surface area contributed by atoms with Gasteiger partial charge in [0.1, 0.15) is 0 Å². The highest BCUT2D eigenvalue weighted by Crippen LogP contribution is 2.10. The fraction of sp³-hybridized carbons (Fsp3) is 0.538. The number of hydrogen-bond donors (Lipinski definition) is 0. The van der Waals surface area contributed by atoms with Gasteiger partial charge in [0.2, 0.25) is 0 Å². The van der Waals surface area contributed by atoms with Crippen LogP contribution in [-0.4, -0.2) is 45.7 Å². The average Bonchev–Trinajstić information content (AvgIpc) is 2.37. The van der Waals surface area contributed by atoms with Crippen LogP contribution in [0.3, 0.4) is 0 Å². The topological polar surface area (TPSA) is 46.6 Å². The second-order valence-corrected chi connectivity index (χ2v) is 6.10. The van der Waals surface area contributed by atoms with Crippen molar-refractivity contribution < 1.29 is 25.8 Å². The van der Waals surface area contributed by atoms with Gasteiger partial charge in [0.05, 0.1) is 18.9 Å². The smallest absolute Gasteiger partial charge is 0.303 e. The van der Waals surface area contributed by atoms with Crippen molar-refractivity contribution in [2.75, 3.05) is 26.0 Å². The van der Waals surface area contributed by atoms with Crippen molar-refractivity contribution in [3.8, 4) is 0 Å². The summed E-state index contributed by atoms with van der Waals surface area (Å²) in [5.41, 5.74) is 1.68. The van der Waals surface area contributed by atoms with E-state index in [1.165, 1.54) is 4.90 Å². The van der Waals surface area contributed by atoms with Crippen LogP contribution in [0, 0.1) is 0 Å². The van der Waals surface area contributed by atoms with Crippen LogP contribution in [0.1, 0.15) is 11.1 Å². The number of hydrogen-bond acceptors (Lipinski definition) is 4. The number of alkyl halides is 2. The molecule has 0 atom stereocenters. The molecule has 0 aliphatic heterocycles. The molecule has 0 bridgehead atoms. The van der Waals surface area contributed by atoms with E-state index in [4.69, 9.17) is 4.74 Å². The standard InChI is InChI=1S/C13H18F3NO3S/c1-20-10-12-4-2-11(3-5-12)8-17(9-13(14)15)6-7-21(16,18)19/h2-5,13H,6-10H2,1H3. The third kappa shape index (κ3) is 8.03. The van der Waals surface area contributed by atoms with E-state index >= 15 is 0 Å². The lowest BCUT2D eigenvalue weighted by Crippen LogP contribution is -2.32. The third-order valence-electron chi connectivity index (χ3n) is 2.79. The Kier molecular flexibility index (Phi) is 7.13. The van der Waals surface area contributed by atoms with Crippen molar-refractivity contribution >= 4 is 10.2 Å². The Morgan fingerprint density at radius 3 is 2.24 bits per heavy atom. The van der Waals surface area contributed by atoms with Gasteiger partial charge in [-0.1, -0.05) is 24.3 Å². The minimum Gasteiger partial charge on any atom is -0.380 e. The molecule has 0 aliphatic rings. The summed E-state index contributed by atoms with van der Waals surface area (Å²) in [5, 5.41) is 0. The average molecular weight is 325 g/mol. The van der Waals surface area contributed by atoms with Crippen LogP contribution in [0.2, 0.25) is 0 Å². The van der Waals surface area contributed by atoms with E-state index in [2.05, 4.69) is 0 Å². The van der Waals surface area contributed by atoms with E-state index in [1.54, 1.807) is 31.4 Å². The predicted octanol–water partition coefficient (Wildman–Crippen LogP) is 2.20. The van der Waals surface area contributed by atoms with Gasteiger partial charge in [0.25, 0.3) is 6.43 Å². The zero-order valence-electron chi connectivity index (χ0n) is 11.6. The first kappa shape index (κ1) is 17.9. The maximum atomic E-state index is 12.5. The number of nitrogens with zero attached hydrogens (tertiary/aromatic N) is 1. The van der Waals surface area contributed by atoms with Gasteiger partial charge < -0.3 is 4.74 Å². The maximum absolute atomic E-state index is 12.5. The summed E-state index contributed by atoms with van der Waals surface area (Å²) >= 11 is 0. The van der Waals surface area contributed by atoms with Gasteiger partial charge in [-0.3, -0.25) is 4.90 Å². The first-order valence-corrected chi connectivity index (χ1v) is 7.85. The van der Waals surface area contributed by atoms with Crippen LogP contribution < -0.4 is 0 Å². The van der Waals surface area contributed by atoms with Gasteiger partial charge >= 0.3 is 10.2 Å². The zero-order valence-corrected chi connectivity index (χ0v) is 12.5. The van der Waals surface area contributed by atoms with Crippen LogP contribution >= 0.6 is 0 Å². The SMILES string of the molecule is COCc1ccc(CN(CCS(=O)(=O)F)CC(F)F)cc1. The summed E-state index contributed by atoms with van der Waals surface area (Å²) in [6.07, 6.45) is -2.61. The van der Waals surface area contributed by atoms with E-state index in [-0.39, 0.29) is 13.1 Å². The van der Waals surface area contributed by atoms with E-state index < -0.39 is 28.9 Å². The molecule has 0 saturated heterocycles. The fourth-order valence-corrected chi connectivity index (χ4v) is 2.31. The molecule has 0 unspecified atom stereocenters. The number of ether oxygens (including phenoxy) is 1. The first-order chi connectivity index (χ1) is 9.80. The molecule has 8 heteroatoms. The molecule has 0 aliphatic carbocycles. The van der Waals surface area contributed by atoms with Crippen molar-refractivity contribution in [2.45, 2.75) is 19.6 Å². The van der Waals surface area contributed by atoms with E-state index in [0.29, 0.717) is 6.61 Å². The molecule has 0 amide bonds. The Labute approximate surface area is 122 Å². The summed E-state index contributed by atoms with van der Waals surface area (Å²) in [5.74, 6) is -0.790. The number of benzene rings is 1. The van der Waals surface area contributed by atoms with Gasteiger partial charge in [0.15, 0.2) is 0 Å². The molecule has 0 saturated carbocycles. The minimum atomic E-state index is -4.66. The lowest BCUT2D eigenvalue weighted by molar-refractivity contribution is 0.0876. The zero-order chi connectivity index (χ0) is 15.9. The van der Waals surface area contributed by atoms with Crippen molar-refractivity contribution in [3.63, 3.8) is 0 Å². The molecule has 0 spiro atoms. The van der Waals surface area contributed by atoms with Crippen LogP contribution in [0.25, 0.3) is 0 Å². The molecule has 1 aromatic carbocycles. The van der Waals surface area contributed by atoms with Crippen LogP contribution in [-0.2, 0) is 28.1 Å². The van der Waals surface area contributed by atoms with E-state index in [9.17, 15) is 21.1 Å². The summed E-state index contributed by atoms with van der Waals surface area (Å²) in [4.78, 5) is 1.22. The lowest BCUT2D eigenvalue weighted by Gasteiger charge is -2.21. The summed E-state index contributed by atoms with van der Waals surface area (Å²) in [7, 11) is -3.10. The lowest BCUT2D eigenvalue weighted by atomic mass is 10.1. The van der Waals surface area contributed by atoms with Crippen LogP contribution in [0.5, 0.6) is 0 Å². The Hall–Kier alpha value is -1.12. The Morgan fingerprint density at radius 2 is 1.76 bits per heavy atom. The van der Waals surface area contributed by atoms with E-state index in [0.717, 1.165) is 11.1 Å². The largest absolute Gasteiger partial charge is 0.380 e. The van der Waals surface area contributed by atoms with Crippen LogP contribution in [0.4, 0.5) is 12.7 Å². The first-order valence-electron chi connectivity index (χ1n) is 6.30. The van der Waals surface area contributed by atoms with Crippen molar-refractivity contribution in [1.29, 1.82) is 0 Å². The number of halogens is 3. The van der Waals surface area contributed by atoms with Gasteiger partial charge in [0, 0.05) is 20.2 Å². The molecular weight excluding hydrogens is 307 g/mol. The molecule has 21 heavy (non-hydrogen) atoms. The molecule has 1 rings (SSSR count). The molecule has 0 aromatic heterocycles. The van der Waals surface area contributed by atoms with Crippen molar-refractivity contribution in [3.05, 3.63) is 35.4 Å². The normalized spacial score (nSPS) is 12.3. The van der Waals surface area contributed by atoms with Crippen molar-refractivity contribution in [2.24, 2.45) is 0 Å². The summed E-state index contributed by atoms with van der Waals surface area (Å²) < 4.78 is 63.4. The highest BCUT2D eigenvalue weighted by Gasteiger charge is 2.16. The highest BCUT2D eigenvalue weighted by molar-refractivity contribution is 7.86. The predicted molar refractivity (Wildman–Crippen MR) is 73.3 cm³/mol. The third-order valence-corrected chi connectivity index (χ3v) is 3.46. The van der Waals surface area contributed by atoms with Gasteiger partial charge in [-0.25, -0.2) is 8.78 Å². The van der Waals surface area contributed by atoms with Gasteiger partial charge in [-0.2, -0.15) is 8.42 Å². The molecule has 4 nitrogen and oxygen atoms in total. The monoisotopic (exact) mass is 325 g/mol. The summed E-state index contributed by atoms with van der Waals surface area (Å²) in [6, 6.07) is 7.09. The second kappa shape index (κ2) is 8.35. The molecular formula is C13H18F3NO3S. The number of methoxy groups -OCH3 is 1. The quantitative estimate of drug-likeness (QED) is 0.653. The molecule has 120 valence electrons. The second-order valence-electron chi connectivity index (χ2n) is 4.62. The number of rotatable bonds is 9.